The van der Waals surface area contributed by atoms with Crippen LogP contribution in [-0.2, 0) is 14.9 Å². The van der Waals surface area contributed by atoms with Crippen LogP contribution in [0.25, 0.3) is 0 Å². The number of benzene rings is 1. The number of likely N-dealkylation sites (N-methyl/N-ethyl adjacent to an activating group) is 2. The minimum atomic E-state index is -0.499. The molecule has 0 atom stereocenters. The molecule has 0 bridgehead atoms. The summed E-state index contributed by atoms with van der Waals surface area (Å²) in [5.74, 6) is 0.355. The summed E-state index contributed by atoms with van der Waals surface area (Å²) < 4.78 is 11.3. The highest BCUT2D eigenvalue weighted by Gasteiger charge is 2.54. The van der Waals surface area contributed by atoms with Crippen LogP contribution >= 0.6 is 0 Å². The number of hydrogen-bond donors (Lipinski definition) is 3. The Labute approximate surface area is 257 Å². The van der Waals surface area contributed by atoms with Gasteiger partial charge in [-0.05, 0) is 64.9 Å². The largest absolute Gasteiger partial charge is 0.494 e. The number of amides is 1. The van der Waals surface area contributed by atoms with Crippen molar-refractivity contribution in [2.24, 2.45) is 0 Å². The molecule has 1 fully saturated rings. The molecule has 12 heteroatoms. The van der Waals surface area contributed by atoms with Gasteiger partial charge in [-0.3, -0.25) is 9.78 Å². The maximum absolute atomic E-state index is 13.3. The number of nitrogens with zero attached hydrogens (tertiary/aromatic N) is 5. The number of aryl methyl sites for hydroxylation is 1. The number of ether oxygens (including phenoxy) is 2. The number of carbonyl (C=O) groups excluding carboxylic acids is 2. The Morgan fingerprint density at radius 2 is 1.98 bits per heavy atom. The van der Waals surface area contributed by atoms with Crippen molar-refractivity contribution in [2.45, 2.75) is 45.1 Å². The van der Waals surface area contributed by atoms with Crippen LogP contribution < -0.4 is 30.5 Å². The second kappa shape index (κ2) is 12.5. The first-order chi connectivity index (χ1) is 21.1. The molecule has 1 spiro atoms. The van der Waals surface area contributed by atoms with Crippen molar-refractivity contribution in [3.05, 3.63) is 60.1 Å². The average molecular weight is 601 g/mol. The number of pyridine rings is 1. The number of esters is 1. The third kappa shape index (κ3) is 6.16. The van der Waals surface area contributed by atoms with E-state index in [9.17, 15) is 9.59 Å². The highest BCUT2D eigenvalue weighted by molar-refractivity contribution is 6.02. The molecule has 232 valence electrons. The molecule has 1 aliphatic heterocycles. The molecular formula is C32H40N8O4. The van der Waals surface area contributed by atoms with E-state index in [0.29, 0.717) is 36.0 Å². The summed E-state index contributed by atoms with van der Waals surface area (Å²) in [6.45, 7) is 11.3. The fourth-order valence-electron chi connectivity index (χ4n) is 5.37. The van der Waals surface area contributed by atoms with Crippen LogP contribution in [0.4, 0.5) is 34.5 Å². The lowest BCUT2D eigenvalue weighted by Crippen LogP contribution is -2.28. The van der Waals surface area contributed by atoms with Crippen LogP contribution in [0.3, 0.4) is 0 Å². The lowest BCUT2D eigenvalue weighted by Gasteiger charge is -2.25. The fraction of sp³-hybridized carbons (Fsp3) is 0.406. The summed E-state index contributed by atoms with van der Waals surface area (Å²) in [5.41, 5.74) is 4.98. The number of anilines is 6. The van der Waals surface area contributed by atoms with E-state index < -0.39 is 5.97 Å². The van der Waals surface area contributed by atoms with E-state index in [4.69, 9.17) is 19.4 Å². The SMILES string of the molecule is C=CC(=O)Nc1cc(Nc2ncc(C(=O)OC(C)C)c(N3CC4(CC4)c4nc(C)ccc43)n2)c(OC)cc1N(C)CCNC. The number of rotatable bonds is 12. The Morgan fingerprint density at radius 1 is 1.20 bits per heavy atom. The quantitative estimate of drug-likeness (QED) is 0.201. The molecule has 0 radical (unpaired) electrons. The molecule has 1 saturated carbocycles. The van der Waals surface area contributed by atoms with Crippen molar-refractivity contribution in [2.75, 3.05) is 61.3 Å². The molecule has 1 aromatic carbocycles. The zero-order valence-corrected chi connectivity index (χ0v) is 26.2. The monoisotopic (exact) mass is 600 g/mol. The molecule has 1 amide bonds. The Hall–Kier alpha value is -4.71. The number of hydrogen-bond acceptors (Lipinski definition) is 11. The molecule has 3 N–H and O–H groups in total. The van der Waals surface area contributed by atoms with E-state index >= 15 is 0 Å². The predicted octanol–water partition coefficient (Wildman–Crippen LogP) is 4.46. The lowest BCUT2D eigenvalue weighted by molar-refractivity contribution is -0.111. The van der Waals surface area contributed by atoms with E-state index in [1.807, 2.05) is 49.0 Å². The predicted molar refractivity (Wildman–Crippen MR) is 172 cm³/mol. The summed E-state index contributed by atoms with van der Waals surface area (Å²) in [5, 5.41) is 9.28. The molecule has 0 saturated heterocycles. The minimum Gasteiger partial charge on any atom is -0.494 e. The van der Waals surface area contributed by atoms with Crippen LogP contribution in [0.2, 0.25) is 0 Å². The van der Waals surface area contributed by atoms with Gasteiger partial charge in [0.05, 0.1) is 41.7 Å². The molecule has 2 aliphatic rings. The van der Waals surface area contributed by atoms with Gasteiger partial charge in [-0.1, -0.05) is 6.58 Å². The maximum atomic E-state index is 13.3. The zero-order chi connectivity index (χ0) is 31.6. The van der Waals surface area contributed by atoms with E-state index in [1.165, 1.54) is 12.3 Å². The molecule has 3 heterocycles. The number of carbonyl (C=O) groups is 2. The minimum absolute atomic E-state index is 0.0459. The second-order valence-electron chi connectivity index (χ2n) is 11.5. The van der Waals surface area contributed by atoms with Gasteiger partial charge in [-0.2, -0.15) is 4.98 Å². The van der Waals surface area contributed by atoms with E-state index in [1.54, 1.807) is 27.0 Å². The van der Waals surface area contributed by atoms with Crippen LogP contribution in [0.1, 0.15) is 48.4 Å². The molecule has 3 aromatic rings. The van der Waals surface area contributed by atoms with Crippen molar-refractivity contribution >= 4 is 46.4 Å². The molecule has 5 rings (SSSR count). The third-order valence-electron chi connectivity index (χ3n) is 7.82. The smallest absolute Gasteiger partial charge is 0.343 e. The Kier molecular flexibility index (Phi) is 8.73. The average Bonchev–Trinajstić information content (AvgIpc) is 3.72. The molecular weight excluding hydrogens is 560 g/mol. The van der Waals surface area contributed by atoms with Crippen molar-refractivity contribution in [3.8, 4) is 5.75 Å². The summed E-state index contributed by atoms with van der Waals surface area (Å²) in [4.78, 5) is 43.9. The summed E-state index contributed by atoms with van der Waals surface area (Å²) in [6.07, 6.45) is 4.45. The van der Waals surface area contributed by atoms with E-state index in [2.05, 4.69) is 27.5 Å². The van der Waals surface area contributed by atoms with E-state index in [-0.39, 0.29) is 28.9 Å². The highest BCUT2D eigenvalue weighted by atomic mass is 16.5. The Bertz CT molecular complexity index is 1590. The van der Waals surface area contributed by atoms with Crippen LogP contribution in [-0.4, -0.2) is 73.8 Å². The molecule has 1 aliphatic carbocycles. The molecule has 12 nitrogen and oxygen atoms in total. The maximum Gasteiger partial charge on any atom is 0.343 e. The van der Waals surface area contributed by atoms with Crippen molar-refractivity contribution in [3.63, 3.8) is 0 Å². The number of aromatic nitrogens is 3. The van der Waals surface area contributed by atoms with Gasteiger partial charge in [-0.25, -0.2) is 9.78 Å². The van der Waals surface area contributed by atoms with Crippen molar-refractivity contribution in [1.82, 2.24) is 20.3 Å². The van der Waals surface area contributed by atoms with Crippen molar-refractivity contribution in [1.29, 1.82) is 0 Å². The lowest BCUT2D eigenvalue weighted by atomic mass is 10.0. The molecule has 2 aromatic heterocycles. The molecule has 44 heavy (non-hydrogen) atoms. The summed E-state index contributed by atoms with van der Waals surface area (Å²) in [6, 6.07) is 7.62. The van der Waals surface area contributed by atoms with Gasteiger partial charge >= 0.3 is 5.97 Å². The normalized spacial score (nSPS) is 14.3. The standard InChI is InChI=1S/C32H40N8O4/c1-8-27(41)36-22-15-23(26(43-7)16-25(22)39(6)14-13-33-5)37-31-34-17-21(30(42)44-19(2)3)29(38-31)40-18-32(11-12-32)28-24(40)10-9-20(4)35-28/h8-10,15-17,19,33H,1,11-14,18H2,2-7H3,(H,36,41)(H,34,37,38). The number of nitrogens with one attached hydrogen (secondary N) is 3. The topological polar surface area (TPSA) is 134 Å². The Balaban J connectivity index is 1.57. The zero-order valence-electron chi connectivity index (χ0n) is 26.2. The van der Waals surface area contributed by atoms with Gasteiger partial charge in [-0.15, -0.1) is 0 Å². The molecule has 0 unspecified atom stereocenters. The van der Waals surface area contributed by atoms with Gasteiger partial charge in [0.1, 0.15) is 11.3 Å². The fourth-order valence-corrected chi connectivity index (χ4v) is 5.37. The first-order valence-electron chi connectivity index (χ1n) is 14.7. The first-order valence-corrected chi connectivity index (χ1v) is 14.7. The van der Waals surface area contributed by atoms with E-state index in [0.717, 1.165) is 42.1 Å². The first kappa shape index (κ1) is 30.7. The summed E-state index contributed by atoms with van der Waals surface area (Å²) in [7, 11) is 5.39. The van der Waals surface area contributed by atoms with Crippen LogP contribution in [0.5, 0.6) is 5.75 Å². The van der Waals surface area contributed by atoms with Gasteiger partial charge < -0.3 is 35.2 Å². The highest BCUT2D eigenvalue weighted by Crippen LogP contribution is 2.57. The Morgan fingerprint density at radius 3 is 2.64 bits per heavy atom. The van der Waals surface area contributed by atoms with Crippen LogP contribution in [0.15, 0.2) is 43.1 Å². The number of methoxy groups -OCH3 is 1. The van der Waals surface area contributed by atoms with Crippen molar-refractivity contribution < 1.29 is 19.1 Å². The second-order valence-corrected chi connectivity index (χ2v) is 11.5. The van der Waals surface area contributed by atoms with Gasteiger partial charge in [0.15, 0.2) is 5.82 Å². The third-order valence-corrected chi connectivity index (χ3v) is 7.82. The van der Waals surface area contributed by atoms with Gasteiger partial charge in [0, 0.05) is 50.1 Å². The summed E-state index contributed by atoms with van der Waals surface area (Å²) >= 11 is 0. The van der Waals surface area contributed by atoms with Gasteiger partial charge in [0.25, 0.3) is 0 Å². The number of fused-ring (bicyclic) bond motifs is 2. The van der Waals surface area contributed by atoms with Crippen LogP contribution in [0, 0.1) is 6.92 Å². The van der Waals surface area contributed by atoms with Gasteiger partial charge in [0.2, 0.25) is 11.9 Å².